The molecule has 1 heterocycles. The Kier molecular flexibility index (Phi) is 7.03. The summed E-state index contributed by atoms with van der Waals surface area (Å²) in [6.45, 7) is 3.90. The fraction of sp³-hybridized carbons (Fsp3) is 0.368. The molecule has 26 heavy (non-hydrogen) atoms. The van der Waals surface area contributed by atoms with Crippen molar-refractivity contribution in [1.82, 2.24) is 0 Å². The molecule has 0 unspecified atom stereocenters. The number of thiophene rings is 1. The molecule has 0 radical (unpaired) electrons. The summed E-state index contributed by atoms with van der Waals surface area (Å²) in [4.78, 5) is 24.6. The summed E-state index contributed by atoms with van der Waals surface area (Å²) in [5.41, 5.74) is 1.69. The number of hydrogen-bond acceptors (Lipinski definition) is 6. The molecule has 0 aliphatic heterocycles. The molecule has 1 aromatic heterocycles. The van der Waals surface area contributed by atoms with E-state index in [9.17, 15) is 9.59 Å². The van der Waals surface area contributed by atoms with Crippen molar-refractivity contribution in [2.24, 2.45) is 0 Å². The van der Waals surface area contributed by atoms with E-state index in [1.165, 1.54) is 11.3 Å². The van der Waals surface area contributed by atoms with E-state index in [0.29, 0.717) is 28.7 Å². The van der Waals surface area contributed by atoms with Gasteiger partial charge in [-0.2, -0.15) is 0 Å². The number of rotatable bonds is 8. The van der Waals surface area contributed by atoms with Crippen molar-refractivity contribution < 1.29 is 23.8 Å². The maximum atomic E-state index is 12.3. The van der Waals surface area contributed by atoms with Gasteiger partial charge < -0.3 is 19.5 Å². The van der Waals surface area contributed by atoms with Crippen LogP contribution in [0.5, 0.6) is 11.5 Å². The number of esters is 1. The highest BCUT2D eigenvalue weighted by molar-refractivity contribution is 7.18. The minimum atomic E-state index is -0.364. The van der Waals surface area contributed by atoms with E-state index >= 15 is 0 Å². The molecule has 140 valence electrons. The number of ether oxygens (including phenoxy) is 3. The quantitative estimate of drug-likeness (QED) is 0.708. The van der Waals surface area contributed by atoms with E-state index in [2.05, 4.69) is 5.32 Å². The largest absolute Gasteiger partial charge is 0.497 e. The lowest BCUT2D eigenvalue weighted by Gasteiger charge is -2.10. The Hall–Kier alpha value is -2.54. The van der Waals surface area contributed by atoms with Crippen molar-refractivity contribution in [3.63, 3.8) is 0 Å². The first-order chi connectivity index (χ1) is 12.5. The standard InChI is InChI=1S/C19H23NO5S/c1-5-25-19(22)18-12(2)10-17(26-18)20-16(21)9-6-13-11-14(23-3)7-8-15(13)24-4/h7-8,10-11H,5-6,9H2,1-4H3,(H,20,21). The number of benzene rings is 1. The molecule has 1 amide bonds. The van der Waals surface area contributed by atoms with Crippen LogP contribution < -0.4 is 14.8 Å². The lowest BCUT2D eigenvalue weighted by atomic mass is 10.1. The Balaban J connectivity index is 1.99. The lowest BCUT2D eigenvalue weighted by Crippen LogP contribution is -2.11. The second-order valence-electron chi connectivity index (χ2n) is 5.57. The van der Waals surface area contributed by atoms with Gasteiger partial charge in [0.15, 0.2) is 0 Å². The van der Waals surface area contributed by atoms with Gasteiger partial charge in [-0.1, -0.05) is 0 Å². The van der Waals surface area contributed by atoms with E-state index in [1.54, 1.807) is 27.2 Å². The first-order valence-electron chi connectivity index (χ1n) is 8.26. The van der Waals surface area contributed by atoms with E-state index in [4.69, 9.17) is 14.2 Å². The Morgan fingerprint density at radius 2 is 1.92 bits per heavy atom. The summed E-state index contributed by atoms with van der Waals surface area (Å²) < 4.78 is 15.6. The van der Waals surface area contributed by atoms with E-state index in [0.717, 1.165) is 16.9 Å². The molecule has 0 aliphatic rings. The SMILES string of the molecule is CCOC(=O)c1sc(NC(=O)CCc2cc(OC)ccc2OC)cc1C. The van der Waals surface area contributed by atoms with Gasteiger partial charge in [0.05, 0.1) is 25.8 Å². The molecule has 0 aliphatic carbocycles. The van der Waals surface area contributed by atoms with Crippen LogP contribution in [0.15, 0.2) is 24.3 Å². The molecule has 0 fully saturated rings. The number of nitrogens with one attached hydrogen (secondary N) is 1. The Labute approximate surface area is 157 Å². The van der Waals surface area contributed by atoms with Crippen molar-refractivity contribution in [2.45, 2.75) is 26.7 Å². The van der Waals surface area contributed by atoms with E-state index in [1.807, 2.05) is 25.1 Å². The molecule has 0 atom stereocenters. The van der Waals surface area contributed by atoms with Crippen LogP contribution >= 0.6 is 11.3 Å². The third-order valence-electron chi connectivity index (χ3n) is 3.75. The van der Waals surface area contributed by atoms with Gasteiger partial charge in [-0.25, -0.2) is 4.79 Å². The topological polar surface area (TPSA) is 73.9 Å². The highest BCUT2D eigenvalue weighted by Gasteiger charge is 2.16. The number of methoxy groups -OCH3 is 2. The Bertz CT molecular complexity index is 784. The Morgan fingerprint density at radius 1 is 1.15 bits per heavy atom. The molecule has 6 nitrogen and oxygen atoms in total. The average Bonchev–Trinajstić information content (AvgIpc) is 3.00. The van der Waals surface area contributed by atoms with Crippen molar-refractivity contribution in [3.8, 4) is 11.5 Å². The molecule has 7 heteroatoms. The van der Waals surface area contributed by atoms with Gasteiger partial charge in [-0.05, 0) is 55.7 Å². The van der Waals surface area contributed by atoms with Gasteiger partial charge in [0.1, 0.15) is 16.4 Å². The summed E-state index contributed by atoms with van der Waals surface area (Å²) in [5, 5.41) is 3.47. The summed E-state index contributed by atoms with van der Waals surface area (Å²) in [5.74, 6) is 0.937. The first-order valence-corrected chi connectivity index (χ1v) is 9.08. The zero-order valence-corrected chi connectivity index (χ0v) is 16.2. The van der Waals surface area contributed by atoms with Crippen LogP contribution in [-0.2, 0) is 16.0 Å². The van der Waals surface area contributed by atoms with Gasteiger partial charge in [-0.15, -0.1) is 11.3 Å². The Morgan fingerprint density at radius 3 is 2.58 bits per heavy atom. The van der Waals surface area contributed by atoms with Gasteiger partial charge in [0, 0.05) is 6.42 Å². The number of carbonyl (C=O) groups excluding carboxylic acids is 2. The third-order valence-corrected chi connectivity index (χ3v) is 4.88. The number of hydrogen-bond donors (Lipinski definition) is 1. The monoisotopic (exact) mass is 377 g/mol. The fourth-order valence-corrected chi connectivity index (χ4v) is 3.45. The molecule has 1 aromatic carbocycles. The first kappa shape index (κ1) is 19.8. The molecule has 2 rings (SSSR count). The summed E-state index contributed by atoms with van der Waals surface area (Å²) in [6.07, 6.45) is 0.802. The number of carbonyl (C=O) groups is 2. The highest BCUT2D eigenvalue weighted by atomic mass is 32.1. The molecule has 0 bridgehead atoms. The van der Waals surface area contributed by atoms with E-state index in [-0.39, 0.29) is 18.3 Å². The van der Waals surface area contributed by atoms with Gasteiger partial charge in [0.2, 0.25) is 5.91 Å². The zero-order chi connectivity index (χ0) is 19.1. The number of anilines is 1. The second-order valence-corrected chi connectivity index (χ2v) is 6.62. The van der Waals surface area contributed by atoms with Crippen LogP contribution in [0.2, 0.25) is 0 Å². The third kappa shape index (κ3) is 4.98. The van der Waals surface area contributed by atoms with Crippen LogP contribution in [0.3, 0.4) is 0 Å². The van der Waals surface area contributed by atoms with Crippen molar-refractivity contribution in [3.05, 3.63) is 40.3 Å². The van der Waals surface area contributed by atoms with Crippen molar-refractivity contribution in [2.75, 3.05) is 26.1 Å². The van der Waals surface area contributed by atoms with Crippen LogP contribution in [-0.4, -0.2) is 32.7 Å². The summed E-state index contributed by atoms with van der Waals surface area (Å²) in [7, 11) is 3.19. The number of amides is 1. The normalized spacial score (nSPS) is 10.3. The van der Waals surface area contributed by atoms with Gasteiger partial charge >= 0.3 is 5.97 Å². The van der Waals surface area contributed by atoms with Crippen molar-refractivity contribution >= 4 is 28.2 Å². The summed E-state index contributed by atoms with van der Waals surface area (Å²) in [6, 6.07) is 7.27. The molecule has 0 saturated carbocycles. The fourth-order valence-electron chi connectivity index (χ4n) is 2.47. The van der Waals surface area contributed by atoms with Gasteiger partial charge in [-0.3, -0.25) is 4.79 Å². The van der Waals surface area contributed by atoms with Gasteiger partial charge in [0.25, 0.3) is 0 Å². The summed E-state index contributed by atoms with van der Waals surface area (Å²) >= 11 is 1.22. The molecule has 2 aromatic rings. The molecular weight excluding hydrogens is 354 g/mol. The smallest absolute Gasteiger partial charge is 0.348 e. The van der Waals surface area contributed by atoms with Crippen LogP contribution in [0, 0.1) is 6.92 Å². The molecule has 0 saturated heterocycles. The number of aryl methyl sites for hydroxylation is 2. The zero-order valence-electron chi connectivity index (χ0n) is 15.4. The average molecular weight is 377 g/mol. The van der Waals surface area contributed by atoms with Crippen LogP contribution in [0.1, 0.15) is 34.1 Å². The van der Waals surface area contributed by atoms with Crippen LogP contribution in [0.4, 0.5) is 5.00 Å². The molecular formula is C19H23NO5S. The maximum Gasteiger partial charge on any atom is 0.348 e. The predicted molar refractivity (Wildman–Crippen MR) is 102 cm³/mol. The molecule has 1 N–H and O–H groups in total. The highest BCUT2D eigenvalue weighted by Crippen LogP contribution is 2.28. The van der Waals surface area contributed by atoms with Crippen molar-refractivity contribution in [1.29, 1.82) is 0 Å². The van der Waals surface area contributed by atoms with Crippen LogP contribution in [0.25, 0.3) is 0 Å². The lowest BCUT2D eigenvalue weighted by molar-refractivity contribution is -0.116. The second kappa shape index (κ2) is 9.24. The van der Waals surface area contributed by atoms with E-state index < -0.39 is 0 Å². The molecule has 0 spiro atoms. The maximum absolute atomic E-state index is 12.3. The minimum Gasteiger partial charge on any atom is -0.497 e. The minimum absolute atomic E-state index is 0.133. The predicted octanol–water partition coefficient (Wildman–Crippen LogP) is 3.82.